The van der Waals surface area contributed by atoms with Crippen LogP contribution in [0.2, 0.25) is 0 Å². The fourth-order valence-corrected chi connectivity index (χ4v) is 1.54. The Morgan fingerprint density at radius 2 is 2.10 bits per heavy atom. The zero-order valence-electron chi connectivity index (χ0n) is 11.6. The standard InChI is InChI=1S/C13H21N3O4/c1-18-6-3-7-19-8-9-20-10-11-4-2-5-15-12(11)13(14)16-17/h2,4-5,17H,3,6-10H2,1H3,(H2,14,16). The third kappa shape index (κ3) is 5.96. The topological polar surface area (TPSA) is 99.2 Å². The van der Waals surface area contributed by atoms with Crippen molar-refractivity contribution in [2.45, 2.75) is 13.0 Å². The maximum absolute atomic E-state index is 8.68. The number of amidine groups is 1. The Kier molecular flexibility index (Phi) is 8.28. The first-order chi connectivity index (χ1) is 9.79. The van der Waals surface area contributed by atoms with Crippen LogP contribution >= 0.6 is 0 Å². The summed E-state index contributed by atoms with van der Waals surface area (Å²) in [6, 6.07) is 3.59. The van der Waals surface area contributed by atoms with Gasteiger partial charge in [0.05, 0.1) is 19.8 Å². The van der Waals surface area contributed by atoms with Gasteiger partial charge in [-0.3, -0.25) is 4.98 Å². The first kappa shape index (κ1) is 16.4. The second kappa shape index (κ2) is 10.1. The van der Waals surface area contributed by atoms with Crippen LogP contribution in [0, 0.1) is 0 Å². The van der Waals surface area contributed by atoms with Crippen LogP contribution < -0.4 is 5.73 Å². The number of rotatable bonds is 10. The molecule has 0 aromatic carbocycles. The number of hydrogen-bond acceptors (Lipinski definition) is 6. The van der Waals surface area contributed by atoms with Crippen LogP contribution in [0.4, 0.5) is 0 Å². The van der Waals surface area contributed by atoms with E-state index in [2.05, 4.69) is 10.1 Å². The number of ether oxygens (including phenoxy) is 3. The average molecular weight is 283 g/mol. The molecule has 1 aromatic heterocycles. The van der Waals surface area contributed by atoms with E-state index >= 15 is 0 Å². The van der Waals surface area contributed by atoms with Crippen LogP contribution in [0.1, 0.15) is 17.7 Å². The number of nitrogens with two attached hydrogens (primary N) is 1. The van der Waals surface area contributed by atoms with Crippen molar-refractivity contribution in [3.8, 4) is 0 Å². The molecule has 0 aliphatic heterocycles. The molecule has 0 spiro atoms. The number of nitrogens with zero attached hydrogens (tertiary/aromatic N) is 2. The summed E-state index contributed by atoms with van der Waals surface area (Å²) in [5.74, 6) is -0.0278. The Morgan fingerprint density at radius 1 is 1.30 bits per heavy atom. The van der Waals surface area contributed by atoms with Crippen molar-refractivity contribution < 1.29 is 19.4 Å². The summed E-state index contributed by atoms with van der Waals surface area (Å²) in [5, 5.41) is 11.6. The lowest BCUT2D eigenvalue weighted by atomic mass is 10.2. The van der Waals surface area contributed by atoms with Crippen molar-refractivity contribution in [1.82, 2.24) is 4.98 Å². The molecule has 0 aliphatic rings. The van der Waals surface area contributed by atoms with E-state index in [-0.39, 0.29) is 5.84 Å². The summed E-state index contributed by atoms with van der Waals surface area (Å²) in [4.78, 5) is 4.06. The first-order valence-electron chi connectivity index (χ1n) is 6.35. The molecule has 0 saturated carbocycles. The molecule has 0 saturated heterocycles. The van der Waals surface area contributed by atoms with Gasteiger partial charge in [-0.05, 0) is 12.5 Å². The molecule has 0 bridgehead atoms. The molecular weight excluding hydrogens is 262 g/mol. The van der Waals surface area contributed by atoms with E-state index in [1.807, 2.05) is 6.07 Å². The fraction of sp³-hybridized carbons (Fsp3) is 0.538. The molecule has 0 unspecified atom stereocenters. The van der Waals surface area contributed by atoms with Gasteiger partial charge in [0.2, 0.25) is 0 Å². The van der Waals surface area contributed by atoms with Gasteiger partial charge in [0.15, 0.2) is 5.84 Å². The highest BCUT2D eigenvalue weighted by Crippen LogP contribution is 2.06. The second-order valence-electron chi connectivity index (χ2n) is 4.01. The summed E-state index contributed by atoms with van der Waals surface area (Å²) in [6.45, 7) is 2.67. The first-order valence-corrected chi connectivity index (χ1v) is 6.35. The highest BCUT2D eigenvalue weighted by Gasteiger charge is 2.07. The van der Waals surface area contributed by atoms with Crippen molar-refractivity contribution in [2.24, 2.45) is 10.9 Å². The summed E-state index contributed by atoms with van der Waals surface area (Å²) in [7, 11) is 1.66. The third-order valence-electron chi connectivity index (χ3n) is 2.51. The van der Waals surface area contributed by atoms with Crippen LogP contribution in [0.3, 0.4) is 0 Å². The second-order valence-corrected chi connectivity index (χ2v) is 4.01. The molecule has 112 valence electrons. The van der Waals surface area contributed by atoms with E-state index in [0.717, 1.165) is 12.0 Å². The molecular formula is C13H21N3O4. The minimum atomic E-state index is -0.0278. The zero-order valence-corrected chi connectivity index (χ0v) is 11.6. The molecule has 0 atom stereocenters. The summed E-state index contributed by atoms with van der Waals surface area (Å²) >= 11 is 0. The highest BCUT2D eigenvalue weighted by atomic mass is 16.5. The van der Waals surface area contributed by atoms with Crippen molar-refractivity contribution in [3.05, 3.63) is 29.6 Å². The van der Waals surface area contributed by atoms with Crippen molar-refractivity contribution in [2.75, 3.05) is 33.5 Å². The highest BCUT2D eigenvalue weighted by molar-refractivity contribution is 5.96. The van der Waals surface area contributed by atoms with Gasteiger partial charge in [-0.25, -0.2) is 0 Å². The minimum Gasteiger partial charge on any atom is -0.409 e. The summed E-state index contributed by atoms with van der Waals surface area (Å²) < 4.78 is 15.7. The number of aromatic nitrogens is 1. The minimum absolute atomic E-state index is 0.0278. The molecule has 0 aliphatic carbocycles. The smallest absolute Gasteiger partial charge is 0.189 e. The monoisotopic (exact) mass is 283 g/mol. The molecule has 3 N–H and O–H groups in total. The van der Waals surface area contributed by atoms with Crippen LogP contribution in [0.15, 0.2) is 23.5 Å². The third-order valence-corrected chi connectivity index (χ3v) is 2.51. The van der Waals surface area contributed by atoms with E-state index in [9.17, 15) is 0 Å². The maximum Gasteiger partial charge on any atom is 0.189 e. The molecule has 20 heavy (non-hydrogen) atoms. The number of oxime groups is 1. The molecule has 7 nitrogen and oxygen atoms in total. The van der Waals surface area contributed by atoms with Crippen LogP contribution in [0.5, 0.6) is 0 Å². The zero-order chi connectivity index (χ0) is 14.6. The van der Waals surface area contributed by atoms with Gasteiger partial charge in [-0.1, -0.05) is 11.2 Å². The average Bonchev–Trinajstić information content (AvgIpc) is 2.49. The van der Waals surface area contributed by atoms with Crippen LogP contribution in [-0.4, -0.2) is 49.6 Å². The normalized spacial score (nSPS) is 11.8. The van der Waals surface area contributed by atoms with Gasteiger partial charge in [-0.15, -0.1) is 0 Å². The van der Waals surface area contributed by atoms with Crippen LogP contribution in [0.25, 0.3) is 0 Å². The van der Waals surface area contributed by atoms with E-state index in [1.165, 1.54) is 0 Å². The van der Waals surface area contributed by atoms with Gasteiger partial charge in [0, 0.05) is 32.1 Å². The number of pyridine rings is 1. The fourth-order valence-electron chi connectivity index (χ4n) is 1.54. The summed E-state index contributed by atoms with van der Waals surface area (Å²) in [6.07, 6.45) is 2.45. The van der Waals surface area contributed by atoms with Gasteiger partial charge < -0.3 is 25.2 Å². The predicted molar refractivity (Wildman–Crippen MR) is 73.7 cm³/mol. The SMILES string of the molecule is COCCCOCCOCc1cccnc1/C(N)=N/O. The van der Waals surface area contributed by atoms with Crippen molar-refractivity contribution in [1.29, 1.82) is 0 Å². The Hall–Kier alpha value is -1.70. The van der Waals surface area contributed by atoms with Crippen molar-refractivity contribution >= 4 is 5.84 Å². The quantitative estimate of drug-likeness (QED) is 0.216. The Morgan fingerprint density at radius 3 is 2.85 bits per heavy atom. The largest absolute Gasteiger partial charge is 0.409 e. The van der Waals surface area contributed by atoms with Crippen LogP contribution in [-0.2, 0) is 20.8 Å². The molecule has 1 heterocycles. The van der Waals surface area contributed by atoms with Gasteiger partial charge in [-0.2, -0.15) is 0 Å². The Labute approximate surface area is 118 Å². The molecule has 1 aromatic rings. The van der Waals surface area contributed by atoms with Gasteiger partial charge >= 0.3 is 0 Å². The maximum atomic E-state index is 8.68. The van der Waals surface area contributed by atoms with E-state index in [1.54, 1.807) is 19.4 Å². The molecule has 0 fully saturated rings. The molecule has 0 amide bonds. The van der Waals surface area contributed by atoms with Crippen molar-refractivity contribution in [3.63, 3.8) is 0 Å². The summed E-state index contributed by atoms with van der Waals surface area (Å²) in [5.41, 5.74) is 6.73. The Balaban J connectivity index is 2.25. The van der Waals surface area contributed by atoms with Gasteiger partial charge in [0.1, 0.15) is 5.69 Å². The lowest BCUT2D eigenvalue weighted by molar-refractivity contribution is 0.0335. The lowest BCUT2D eigenvalue weighted by Gasteiger charge is -2.08. The van der Waals surface area contributed by atoms with E-state index in [0.29, 0.717) is 38.7 Å². The van der Waals surface area contributed by atoms with E-state index in [4.69, 9.17) is 25.2 Å². The van der Waals surface area contributed by atoms with Gasteiger partial charge in [0.25, 0.3) is 0 Å². The number of hydrogen-bond donors (Lipinski definition) is 2. The predicted octanol–water partition coefficient (Wildman–Crippen LogP) is 0.746. The van der Waals surface area contributed by atoms with E-state index < -0.39 is 0 Å². The molecule has 0 radical (unpaired) electrons. The molecule has 7 heteroatoms. The Bertz CT molecular complexity index is 412. The lowest BCUT2D eigenvalue weighted by Crippen LogP contribution is -2.18. The number of methoxy groups -OCH3 is 1. The molecule has 1 rings (SSSR count).